The Labute approximate surface area is 101 Å². The van der Waals surface area contributed by atoms with E-state index >= 15 is 0 Å². The van der Waals surface area contributed by atoms with Gasteiger partial charge in [-0.15, -0.1) is 9.10 Å². The first-order chi connectivity index (χ1) is 6.77. The molecule has 82 valence electrons. The fraction of sp³-hybridized carbons (Fsp3) is 1.00. The Morgan fingerprint density at radius 1 is 0.857 bits per heavy atom. The zero-order chi connectivity index (χ0) is 10.6. The normalized spacial score (nSPS) is 10.6. The predicted molar refractivity (Wildman–Crippen MR) is 68.2 cm³/mol. The van der Waals surface area contributed by atoms with Crippen LogP contribution in [0.3, 0.4) is 0 Å². The molecule has 1 heteroatoms. The molecule has 0 saturated heterocycles. The van der Waals surface area contributed by atoms with Crippen molar-refractivity contribution in [1.82, 2.24) is 0 Å². The van der Waals surface area contributed by atoms with E-state index in [9.17, 15) is 0 Å². The van der Waals surface area contributed by atoms with Crippen LogP contribution in [0.2, 0.25) is 9.10 Å². The molecule has 14 heavy (non-hydrogen) atoms. The van der Waals surface area contributed by atoms with Crippen LogP contribution in [0, 0.1) is 5.92 Å². The zero-order valence-electron chi connectivity index (χ0n) is 10.6. The highest BCUT2D eigenvalue weighted by molar-refractivity contribution is 6.35. The molecule has 0 heterocycles. The van der Waals surface area contributed by atoms with E-state index in [-0.39, 0.29) is 0 Å². The number of hydrogen-bond acceptors (Lipinski definition) is 0. The summed E-state index contributed by atoms with van der Waals surface area (Å²) in [6.45, 7) is 6.98. The van der Waals surface area contributed by atoms with Crippen molar-refractivity contribution in [3.63, 3.8) is 0 Å². The van der Waals surface area contributed by atoms with E-state index in [0.29, 0.717) is 20.4 Å². The smallest absolute Gasteiger partial charge is 0.146 e. The second-order valence-corrected chi connectivity index (χ2v) is 7.13. The van der Waals surface area contributed by atoms with Gasteiger partial charge in [0.1, 0.15) is 0 Å². The summed E-state index contributed by atoms with van der Waals surface area (Å²) < 4.78 is 3.20. The molecule has 0 bridgehead atoms. The number of rotatable bonds is 10. The predicted octanol–water partition coefficient (Wildman–Crippen LogP) is 4.93. The zero-order valence-corrected chi connectivity index (χ0v) is 12.1. The Balaban J connectivity index is 2.85. The van der Waals surface area contributed by atoms with Crippen LogP contribution in [0.1, 0.15) is 65.7 Å². The Morgan fingerprint density at radius 3 is 2.14 bits per heavy atom. The van der Waals surface area contributed by atoms with Crippen molar-refractivity contribution in [3.05, 3.63) is 0 Å². The minimum absolute atomic E-state index is 0.329. The molecule has 0 aromatic rings. The van der Waals surface area contributed by atoms with Gasteiger partial charge in [-0.2, -0.15) is 0 Å². The summed E-state index contributed by atoms with van der Waals surface area (Å²) in [4.78, 5) is 0. The lowest BCUT2D eigenvalue weighted by Crippen LogP contribution is -1.93. The molecule has 0 spiro atoms. The first-order valence-corrected chi connectivity index (χ1v) is 8.77. The SMILES string of the molecule is CCCCCCC[CH2][Mg][CH2]CC(C)C. The van der Waals surface area contributed by atoms with Gasteiger partial charge >= 0.3 is 20.4 Å². The molecule has 0 saturated carbocycles. The van der Waals surface area contributed by atoms with E-state index in [1.165, 1.54) is 44.9 Å². The van der Waals surface area contributed by atoms with Gasteiger partial charge in [0.05, 0.1) is 0 Å². The Hall–Kier alpha value is 0.766. The third-order valence-corrected chi connectivity index (χ3v) is 4.79. The van der Waals surface area contributed by atoms with Gasteiger partial charge in [0.2, 0.25) is 0 Å². The van der Waals surface area contributed by atoms with E-state index in [1.807, 2.05) is 0 Å². The lowest BCUT2D eigenvalue weighted by molar-refractivity contribution is 0.615. The summed E-state index contributed by atoms with van der Waals surface area (Å²) in [5.41, 5.74) is 0. The number of unbranched alkanes of at least 4 members (excludes halogenated alkanes) is 5. The largest absolute Gasteiger partial charge is 0.364 e. The fourth-order valence-electron chi connectivity index (χ4n) is 1.86. The van der Waals surface area contributed by atoms with Gasteiger partial charge in [-0.25, -0.2) is 0 Å². The third kappa shape index (κ3) is 12.8. The van der Waals surface area contributed by atoms with Crippen LogP contribution < -0.4 is 0 Å². The molecular weight excluding hydrogens is 180 g/mol. The van der Waals surface area contributed by atoms with E-state index in [0.717, 1.165) is 5.92 Å². The Kier molecular flexibility index (Phi) is 12.5. The first kappa shape index (κ1) is 14.8. The maximum Gasteiger partial charge on any atom is 0.364 e. The van der Waals surface area contributed by atoms with Crippen LogP contribution in [0.5, 0.6) is 0 Å². The van der Waals surface area contributed by atoms with Crippen molar-refractivity contribution in [2.45, 2.75) is 74.8 Å². The minimum atomic E-state index is 0.329. The van der Waals surface area contributed by atoms with E-state index in [1.54, 1.807) is 9.10 Å². The van der Waals surface area contributed by atoms with E-state index < -0.39 is 0 Å². The highest BCUT2D eigenvalue weighted by Gasteiger charge is 1.98. The Morgan fingerprint density at radius 2 is 1.50 bits per heavy atom. The highest BCUT2D eigenvalue weighted by atomic mass is 24.5. The van der Waals surface area contributed by atoms with Crippen LogP contribution in [0.15, 0.2) is 0 Å². The van der Waals surface area contributed by atoms with Crippen LogP contribution in [-0.4, -0.2) is 20.4 Å². The summed E-state index contributed by atoms with van der Waals surface area (Å²) in [6.07, 6.45) is 10.3. The van der Waals surface area contributed by atoms with Gasteiger partial charge in [-0.1, -0.05) is 65.7 Å². The van der Waals surface area contributed by atoms with E-state index in [2.05, 4.69) is 20.8 Å². The number of hydrogen-bond donors (Lipinski definition) is 0. The van der Waals surface area contributed by atoms with Crippen molar-refractivity contribution in [3.8, 4) is 0 Å². The summed E-state index contributed by atoms with van der Waals surface area (Å²) in [6, 6.07) is 0. The molecule has 0 fully saturated rings. The van der Waals surface area contributed by atoms with Crippen molar-refractivity contribution in [2.24, 2.45) is 5.92 Å². The van der Waals surface area contributed by atoms with E-state index in [4.69, 9.17) is 0 Å². The molecule has 0 atom stereocenters. The molecule has 0 N–H and O–H groups in total. The molecule has 0 aliphatic heterocycles. The summed E-state index contributed by atoms with van der Waals surface area (Å²) in [5, 5.41) is 0. The molecule has 0 aliphatic rings. The van der Waals surface area contributed by atoms with Gasteiger partial charge in [0.15, 0.2) is 0 Å². The molecule has 0 aliphatic carbocycles. The molecule has 0 amide bonds. The first-order valence-electron chi connectivity index (χ1n) is 6.77. The summed E-state index contributed by atoms with van der Waals surface area (Å²) in [5.74, 6) is 0.937. The third-order valence-electron chi connectivity index (χ3n) is 2.89. The second kappa shape index (κ2) is 11.8. The maximum absolute atomic E-state index is 2.35. The standard InChI is InChI=1S/C8H17.C5H11.Mg/c1-3-5-7-8-6-4-2;1-4-5(2)3;/h1,3-8H2,2H3;5H,1,4H2,2-3H3;. The van der Waals surface area contributed by atoms with Crippen molar-refractivity contribution >= 4 is 20.4 Å². The monoisotopic (exact) mass is 208 g/mol. The van der Waals surface area contributed by atoms with Gasteiger partial charge in [-0.3, -0.25) is 0 Å². The Bertz CT molecular complexity index is 99.4. The van der Waals surface area contributed by atoms with Crippen molar-refractivity contribution in [1.29, 1.82) is 0 Å². The lowest BCUT2D eigenvalue weighted by atomic mass is 10.1. The molecular formula is C13H28Mg. The van der Waals surface area contributed by atoms with Crippen LogP contribution >= 0.6 is 0 Å². The summed E-state index contributed by atoms with van der Waals surface area (Å²) in [7, 11) is 0. The van der Waals surface area contributed by atoms with Crippen molar-refractivity contribution in [2.75, 3.05) is 0 Å². The average molecular weight is 209 g/mol. The molecule has 0 nitrogen and oxygen atoms in total. The molecule has 0 aromatic carbocycles. The van der Waals surface area contributed by atoms with Gasteiger partial charge in [-0.05, 0) is 5.92 Å². The van der Waals surface area contributed by atoms with Gasteiger partial charge in [0.25, 0.3) is 0 Å². The quantitative estimate of drug-likeness (QED) is 0.353. The maximum atomic E-state index is 2.35. The van der Waals surface area contributed by atoms with Crippen LogP contribution in [0.25, 0.3) is 0 Å². The average Bonchev–Trinajstić information content (AvgIpc) is 2.15. The van der Waals surface area contributed by atoms with Gasteiger partial charge in [0, 0.05) is 0 Å². The van der Waals surface area contributed by atoms with Gasteiger partial charge < -0.3 is 0 Å². The van der Waals surface area contributed by atoms with Crippen LogP contribution in [-0.2, 0) is 0 Å². The minimum Gasteiger partial charge on any atom is -0.146 e. The molecule has 0 aromatic heterocycles. The molecule has 0 radical (unpaired) electrons. The molecule has 0 unspecified atom stereocenters. The van der Waals surface area contributed by atoms with Crippen LogP contribution in [0.4, 0.5) is 0 Å². The second-order valence-electron chi connectivity index (χ2n) is 5.01. The molecule has 0 rings (SSSR count). The lowest BCUT2D eigenvalue weighted by Gasteiger charge is -2.02. The van der Waals surface area contributed by atoms with Crippen molar-refractivity contribution < 1.29 is 0 Å². The topological polar surface area (TPSA) is 0 Å². The summed E-state index contributed by atoms with van der Waals surface area (Å²) >= 11 is 0.329. The highest BCUT2D eigenvalue weighted by Crippen LogP contribution is 2.09. The fourth-order valence-corrected chi connectivity index (χ4v) is 4.03.